The molecule has 3 atom stereocenters. The summed E-state index contributed by atoms with van der Waals surface area (Å²) in [4.78, 5) is 5.11. The molecule has 2 aliphatic heterocycles. The van der Waals surface area contributed by atoms with Gasteiger partial charge >= 0.3 is 0 Å². The Morgan fingerprint density at radius 2 is 2.10 bits per heavy atom. The Morgan fingerprint density at radius 3 is 2.40 bits per heavy atom. The normalized spacial score (nSPS) is 59.4. The van der Waals surface area contributed by atoms with Gasteiger partial charge in [-0.15, -0.1) is 0 Å². The zero-order valence-electron chi connectivity index (χ0n) is 6.67. The second-order valence-corrected chi connectivity index (χ2v) is 4.11. The molecule has 0 aromatic heterocycles. The second-order valence-electron chi connectivity index (χ2n) is 4.11. The van der Waals surface area contributed by atoms with Crippen molar-refractivity contribution in [2.24, 2.45) is 0 Å². The summed E-state index contributed by atoms with van der Waals surface area (Å²) in [6.07, 6.45) is 2.90. The van der Waals surface area contributed by atoms with Crippen LogP contribution in [0.1, 0.15) is 12.8 Å². The molecule has 2 saturated heterocycles. The van der Waals surface area contributed by atoms with E-state index in [-0.39, 0.29) is 0 Å². The van der Waals surface area contributed by atoms with Crippen LogP contribution in [0, 0.1) is 0 Å². The monoisotopic (exact) mass is 138 g/mol. The molecule has 0 N–H and O–H groups in total. The van der Waals surface area contributed by atoms with E-state index in [1.54, 1.807) is 0 Å². The zero-order valence-corrected chi connectivity index (χ0v) is 6.67. The van der Waals surface area contributed by atoms with Gasteiger partial charge in [-0.1, -0.05) is 0 Å². The maximum Gasteiger partial charge on any atom is 0.0530 e. The molecule has 3 fully saturated rings. The molecule has 10 heavy (non-hydrogen) atoms. The highest BCUT2D eigenvalue weighted by atomic mass is 15.5. The summed E-state index contributed by atoms with van der Waals surface area (Å²) in [5, 5.41) is 0. The largest absolute Gasteiger partial charge is 0.296 e. The molecule has 2 heterocycles. The molecule has 0 aromatic carbocycles. The average molecular weight is 138 g/mol. The fourth-order valence-electron chi connectivity index (χ4n) is 3.31. The van der Waals surface area contributed by atoms with E-state index in [0.29, 0.717) is 5.54 Å². The van der Waals surface area contributed by atoms with Crippen LogP contribution < -0.4 is 0 Å². The van der Waals surface area contributed by atoms with Crippen LogP contribution in [0.4, 0.5) is 0 Å². The number of nitrogens with zero attached hydrogens (tertiary/aromatic N) is 2. The van der Waals surface area contributed by atoms with Gasteiger partial charge in [0.05, 0.1) is 5.54 Å². The van der Waals surface area contributed by atoms with E-state index in [1.807, 2.05) is 0 Å². The molecule has 2 heteroatoms. The number of hydrogen-bond donors (Lipinski definition) is 0. The Morgan fingerprint density at radius 1 is 1.30 bits per heavy atom. The third kappa shape index (κ3) is 0.294. The van der Waals surface area contributed by atoms with Gasteiger partial charge in [0.15, 0.2) is 0 Å². The van der Waals surface area contributed by atoms with Crippen LogP contribution in [0.3, 0.4) is 0 Å². The van der Waals surface area contributed by atoms with E-state index in [1.165, 1.54) is 19.4 Å². The fourth-order valence-corrected chi connectivity index (χ4v) is 3.31. The van der Waals surface area contributed by atoms with Crippen molar-refractivity contribution in [3.05, 3.63) is 0 Å². The first-order chi connectivity index (χ1) is 4.77. The van der Waals surface area contributed by atoms with Crippen molar-refractivity contribution in [3.63, 3.8) is 0 Å². The predicted octanol–water partition coefficient (Wildman–Crippen LogP) is 0.147. The first-order valence-corrected chi connectivity index (χ1v) is 4.20. The van der Waals surface area contributed by atoms with E-state index < -0.39 is 0 Å². The average Bonchev–Trinajstić information content (AvgIpc) is 1.79. The molecule has 3 rings (SSSR count). The van der Waals surface area contributed by atoms with Gasteiger partial charge in [-0.3, -0.25) is 9.80 Å². The summed E-state index contributed by atoms with van der Waals surface area (Å²) in [5.41, 5.74) is 0.689. The first-order valence-electron chi connectivity index (χ1n) is 4.20. The summed E-state index contributed by atoms with van der Waals surface area (Å²) in [5.74, 6) is 0. The van der Waals surface area contributed by atoms with Gasteiger partial charge in [-0.25, -0.2) is 0 Å². The standard InChI is InChI=1S/C8H14N2/c1-9-5-7-8(9)4-3-6(8)10(7)2/h6-7H,3-5H2,1-2H3. The minimum absolute atomic E-state index is 0.689. The molecule has 56 valence electrons. The van der Waals surface area contributed by atoms with Crippen molar-refractivity contribution in [1.29, 1.82) is 0 Å². The molecule has 3 unspecified atom stereocenters. The predicted molar refractivity (Wildman–Crippen MR) is 39.9 cm³/mol. The van der Waals surface area contributed by atoms with Crippen LogP contribution in [-0.4, -0.2) is 48.1 Å². The van der Waals surface area contributed by atoms with Gasteiger partial charge in [-0.2, -0.15) is 0 Å². The van der Waals surface area contributed by atoms with E-state index in [9.17, 15) is 0 Å². The van der Waals surface area contributed by atoms with Crippen molar-refractivity contribution in [1.82, 2.24) is 9.80 Å². The summed E-state index contributed by atoms with van der Waals surface area (Å²) in [6.45, 7) is 1.31. The molecule has 0 amide bonds. The SMILES string of the molecule is CN1C2CCC23C1CN3C. The van der Waals surface area contributed by atoms with Crippen molar-refractivity contribution in [2.45, 2.75) is 30.5 Å². The number of hydrogen-bond acceptors (Lipinski definition) is 2. The number of piperidine rings is 1. The summed E-state index contributed by atoms with van der Waals surface area (Å²) >= 11 is 0. The van der Waals surface area contributed by atoms with Crippen molar-refractivity contribution in [2.75, 3.05) is 20.6 Å². The van der Waals surface area contributed by atoms with Gasteiger partial charge in [0.1, 0.15) is 0 Å². The molecular weight excluding hydrogens is 124 g/mol. The molecule has 1 aliphatic carbocycles. The summed E-state index contributed by atoms with van der Waals surface area (Å²) < 4.78 is 0. The van der Waals surface area contributed by atoms with E-state index in [4.69, 9.17) is 0 Å². The fraction of sp³-hybridized carbons (Fsp3) is 1.00. The Labute approximate surface area is 61.8 Å². The topological polar surface area (TPSA) is 6.48 Å². The zero-order chi connectivity index (χ0) is 6.93. The van der Waals surface area contributed by atoms with E-state index >= 15 is 0 Å². The highest BCUT2D eigenvalue weighted by Gasteiger charge is 2.72. The second kappa shape index (κ2) is 1.28. The number of likely N-dealkylation sites (tertiary alicyclic amines) is 2. The smallest absolute Gasteiger partial charge is 0.0530 e. The summed E-state index contributed by atoms with van der Waals surface area (Å²) in [7, 11) is 4.55. The van der Waals surface area contributed by atoms with Crippen molar-refractivity contribution < 1.29 is 0 Å². The number of rotatable bonds is 0. The maximum atomic E-state index is 2.56. The van der Waals surface area contributed by atoms with Gasteiger partial charge in [0.25, 0.3) is 0 Å². The van der Waals surface area contributed by atoms with Crippen molar-refractivity contribution in [3.8, 4) is 0 Å². The quantitative estimate of drug-likeness (QED) is 0.470. The lowest BCUT2D eigenvalue weighted by Gasteiger charge is -2.79. The third-order valence-corrected chi connectivity index (χ3v) is 4.11. The Balaban J connectivity index is 1.92. The molecule has 1 spiro atoms. The molecular formula is C8H14N2. The third-order valence-electron chi connectivity index (χ3n) is 4.11. The minimum atomic E-state index is 0.689. The van der Waals surface area contributed by atoms with Gasteiger partial charge < -0.3 is 0 Å². The van der Waals surface area contributed by atoms with Gasteiger partial charge in [0, 0.05) is 18.6 Å². The Hall–Kier alpha value is -0.0800. The lowest BCUT2D eigenvalue weighted by Crippen LogP contribution is -2.94. The van der Waals surface area contributed by atoms with Gasteiger partial charge in [0.2, 0.25) is 0 Å². The van der Waals surface area contributed by atoms with E-state index in [0.717, 1.165) is 12.1 Å². The lowest BCUT2D eigenvalue weighted by molar-refractivity contribution is -0.275. The summed E-state index contributed by atoms with van der Waals surface area (Å²) in [6, 6.07) is 1.85. The lowest BCUT2D eigenvalue weighted by atomic mass is 9.53. The molecule has 0 aromatic rings. The minimum Gasteiger partial charge on any atom is -0.296 e. The highest BCUT2D eigenvalue weighted by molar-refractivity contribution is 5.30. The maximum absolute atomic E-state index is 2.56. The highest BCUT2D eigenvalue weighted by Crippen LogP contribution is 2.58. The first kappa shape index (κ1) is 5.56. The molecule has 2 nitrogen and oxygen atoms in total. The molecule has 0 radical (unpaired) electrons. The van der Waals surface area contributed by atoms with Gasteiger partial charge in [-0.05, 0) is 26.9 Å². The van der Waals surface area contributed by atoms with Crippen LogP contribution in [0.25, 0.3) is 0 Å². The number of piperazine rings is 1. The Bertz CT molecular complexity index is 184. The van der Waals surface area contributed by atoms with Crippen LogP contribution in [0.2, 0.25) is 0 Å². The molecule has 3 aliphatic rings. The van der Waals surface area contributed by atoms with E-state index in [2.05, 4.69) is 23.9 Å². The number of likely N-dealkylation sites (N-methyl/N-ethyl adjacent to an activating group) is 2. The van der Waals surface area contributed by atoms with Crippen LogP contribution in [-0.2, 0) is 0 Å². The van der Waals surface area contributed by atoms with Crippen molar-refractivity contribution >= 4 is 0 Å². The van der Waals surface area contributed by atoms with Crippen LogP contribution >= 0.6 is 0 Å². The molecule has 0 bridgehead atoms. The Kier molecular flexibility index (Phi) is 0.710. The van der Waals surface area contributed by atoms with Crippen LogP contribution in [0.15, 0.2) is 0 Å². The van der Waals surface area contributed by atoms with Crippen LogP contribution in [0.5, 0.6) is 0 Å². The molecule has 1 saturated carbocycles.